The van der Waals surface area contributed by atoms with E-state index >= 15 is 0 Å². The Morgan fingerprint density at radius 1 is 1.33 bits per heavy atom. The molecule has 2 aromatic rings. The Balaban J connectivity index is 1.82. The number of aromatic nitrogens is 1. The zero-order chi connectivity index (χ0) is 12.5. The van der Waals surface area contributed by atoms with Crippen LogP contribution in [0.15, 0.2) is 34.5 Å². The van der Waals surface area contributed by atoms with Crippen molar-refractivity contribution in [1.82, 2.24) is 4.98 Å². The molecule has 1 aromatic heterocycles. The highest BCUT2D eigenvalue weighted by Crippen LogP contribution is 2.40. The molecule has 0 aliphatic heterocycles. The van der Waals surface area contributed by atoms with Gasteiger partial charge in [0.15, 0.2) is 0 Å². The van der Waals surface area contributed by atoms with Crippen molar-refractivity contribution in [3.8, 4) is 11.3 Å². The van der Waals surface area contributed by atoms with Gasteiger partial charge in [-0.25, -0.2) is 4.98 Å². The summed E-state index contributed by atoms with van der Waals surface area (Å²) < 4.78 is 0. The maximum absolute atomic E-state index is 6.18. The molecule has 2 N–H and O–H groups in total. The zero-order valence-electron chi connectivity index (χ0n) is 10.3. The number of nitrogens with two attached hydrogens (primary N) is 1. The van der Waals surface area contributed by atoms with E-state index in [1.807, 2.05) is 0 Å². The Hall–Kier alpha value is -0.840. The van der Waals surface area contributed by atoms with Crippen LogP contribution in [-0.2, 0) is 0 Å². The van der Waals surface area contributed by atoms with E-state index in [0.717, 1.165) is 10.7 Å². The minimum atomic E-state index is 0.147. The summed E-state index contributed by atoms with van der Waals surface area (Å²) in [7, 11) is 0. The van der Waals surface area contributed by atoms with Gasteiger partial charge in [-0.15, -0.1) is 23.1 Å². The first kappa shape index (κ1) is 12.2. The summed E-state index contributed by atoms with van der Waals surface area (Å²) in [5.41, 5.74) is 8.42. The summed E-state index contributed by atoms with van der Waals surface area (Å²) >= 11 is 3.45. The van der Waals surface area contributed by atoms with Gasteiger partial charge in [0.1, 0.15) is 5.01 Å². The van der Waals surface area contributed by atoms with Crippen LogP contribution >= 0.6 is 23.1 Å². The van der Waals surface area contributed by atoms with Crippen molar-refractivity contribution in [2.45, 2.75) is 23.8 Å². The summed E-state index contributed by atoms with van der Waals surface area (Å²) in [6.45, 7) is 0. The lowest BCUT2D eigenvalue weighted by molar-refractivity contribution is 0.629. The molecule has 0 amide bonds. The van der Waals surface area contributed by atoms with Crippen molar-refractivity contribution in [1.29, 1.82) is 0 Å². The summed E-state index contributed by atoms with van der Waals surface area (Å²) in [6, 6.07) is 8.69. The van der Waals surface area contributed by atoms with Gasteiger partial charge in [-0.05, 0) is 37.1 Å². The summed E-state index contributed by atoms with van der Waals surface area (Å²) in [5.74, 6) is 0.669. The van der Waals surface area contributed by atoms with E-state index < -0.39 is 0 Å². The minimum absolute atomic E-state index is 0.147. The fourth-order valence-electron chi connectivity index (χ4n) is 1.99. The van der Waals surface area contributed by atoms with Crippen molar-refractivity contribution < 1.29 is 0 Å². The first-order valence-electron chi connectivity index (χ1n) is 6.13. The molecule has 0 spiro atoms. The average Bonchev–Trinajstić information content (AvgIpc) is 3.15. The molecule has 1 saturated carbocycles. The van der Waals surface area contributed by atoms with Crippen LogP contribution in [0.1, 0.15) is 23.9 Å². The Bertz CT molecular complexity index is 529. The van der Waals surface area contributed by atoms with Gasteiger partial charge < -0.3 is 5.73 Å². The second-order valence-corrected chi connectivity index (χ2v) is 6.43. The van der Waals surface area contributed by atoms with Gasteiger partial charge in [0.05, 0.1) is 11.7 Å². The van der Waals surface area contributed by atoms with Gasteiger partial charge >= 0.3 is 0 Å². The highest BCUT2D eigenvalue weighted by molar-refractivity contribution is 7.98. The van der Waals surface area contributed by atoms with Crippen molar-refractivity contribution in [2.24, 2.45) is 11.7 Å². The summed E-state index contributed by atoms with van der Waals surface area (Å²) in [4.78, 5) is 5.97. The van der Waals surface area contributed by atoms with Gasteiger partial charge in [0, 0.05) is 15.8 Å². The number of thiazole rings is 1. The highest BCUT2D eigenvalue weighted by atomic mass is 32.2. The van der Waals surface area contributed by atoms with Crippen molar-refractivity contribution in [3.05, 3.63) is 34.7 Å². The quantitative estimate of drug-likeness (QED) is 0.860. The lowest BCUT2D eigenvalue weighted by Gasteiger charge is -2.04. The maximum atomic E-state index is 6.18. The van der Waals surface area contributed by atoms with Crippen LogP contribution in [0.4, 0.5) is 0 Å². The number of nitrogens with zero attached hydrogens (tertiary/aromatic N) is 1. The molecule has 0 bridgehead atoms. The van der Waals surface area contributed by atoms with Crippen LogP contribution in [0.5, 0.6) is 0 Å². The molecule has 1 aliphatic rings. The van der Waals surface area contributed by atoms with E-state index in [0.29, 0.717) is 5.92 Å². The van der Waals surface area contributed by atoms with Gasteiger partial charge in [0.25, 0.3) is 0 Å². The number of hydrogen-bond donors (Lipinski definition) is 1. The van der Waals surface area contributed by atoms with Gasteiger partial charge in [-0.1, -0.05) is 12.1 Å². The maximum Gasteiger partial charge on any atom is 0.110 e. The Kier molecular flexibility index (Phi) is 3.41. The largest absolute Gasteiger partial charge is 0.322 e. The molecule has 18 heavy (non-hydrogen) atoms. The normalized spacial score (nSPS) is 16.8. The van der Waals surface area contributed by atoms with Crippen LogP contribution in [0.2, 0.25) is 0 Å². The second kappa shape index (κ2) is 5.03. The molecule has 1 atom stereocenters. The van der Waals surface area contributed by atoms with Gasteiger partial charge in [-0.2, -0.15) is 0 Å². The fraction of sp³-hybridized carbons (Fsp3) is 0.357. The molecular weight excluding hydrogens is 260 g/mol. The third-order valence-electron chi connectivity index (χ3n) is 3.32. The van der Waals surface area contributed by atoms with E-state index in [1.54, 1.807) is 23.1 Å². The number of thioether (sulfide) groups is 1. The van der Waals surface area contributed by atoms with E-state index in [2.05, 4.69) is 40.9 Å². The van der Waals surface area contributed by atoms with E-state index in [-0.39, 0.29) is 6.04 Å². The third-order valence-corrected chi connectivity index (χ3v) is 5.01. The zero-order valence-corrected chi connectivity index (χ0v) is 11.9. The lowest BCUT2D eigenvalue weighted by Crippen LogP contribution is -2.11. The standard InChI is InChI=1S/C14H16N2S2/c1-17-11-6-4-9(5-7-11)12-8-18-14(16-12)13(15)10-2-3-10/h4-8,10,13H,2-3,15H2,1H3. The van der Waals surface area contributed by atoms with Crippen molar-refractivity contribution in [3.63, 3.8) is 0 Å². The van der Waals surface area contributed by atoms with Gasteiger partial charge in [0.2, 0.25) is 0 Å². The second-order valence-electron chi connectivity index (χ2n) is 4.66. The third kappa shape index (κ3) is 2.46. The molecule has 1 fully saturated rings. The first-order chi connectivity index (χ1) is 8.78. The lowest BCUT2D eigenvalue weighted by atomic mass is 10.2. The van der Waals surface area contributed by atoms with E-state index in [1.165, 1.54) is 23.3 Å². The Labute approximate surface area is 116 Å². The Morgan fingerprint density at radius 3 is 2.67 bits per heavy atom. The van der Waals surface area contributed by atoms with Crippen LogP contribution in [0, 0.1) is 5.92 Å². The van der Waals surface area contributed by atoms with Crippen LogP contribution in [-0.4, -0.2) is 11.2 Å². The highest BCUT2D eigenvalue weighted by Gasteiger charge is 2.31. The molecule has 1 unspecified atom stereocenters. The molecule has 2 nitrogen and oxygen atoms in total. The molecule has 1 heterocycles. The summed E-state index contributed by atoms with van der Waals surface area (Å²) in [5, 5.41) is 3.20. The molecular formula is C14H16N2S2. The van der Waals surface area contributed by atoms with Crippen LogP contribution in [0.25, 0.3) is 11.3 Å². The van der Waals surface area contributed by atoms with Crippen molar-refractivity contribution >= 4 is 23.1 Å². The topological polar surface area (TPSA) is 38.9 Å². The van der Waals surface area contributed by atoms with E-state index in [4.69, 9.17) is 5.73 Å². The average molecular weight is 276 g/mol. The molecule has 0 saturated heterocycles. The molecule has 4 heteroatoms. The predicted octanol–water partition coefficient (Wildman–Crippen LogP) is 3.94. The smallest absolute Gasteiger partial charge is 0.110 e. The minimum Gasteiger partial charge on any atom is -0.322 e. The molecule has 3 rings (SSSR count). The van der Waals surface area contributed by atoms with Crippen LogP contribution < -0.4 is 5.73 Å². The molecule has 1 aliphatic carbocycles. The Morgan fingerprint density at radius 2 is 2.06 bits per heavy atom. The SMILES string of the molecule is CSc1ccc(-c2csc(C(N)C3CC3)n2)cc1. The molecule has 1 aromatic carbocycles. The fourth-order valence-corrected chi connectivity index (χ4v) is 3.32. The molecule has 0 radical (unpaired) electrons. The monoisotopic (exact) mass is 276 g/mol. The number of hydrogen-bond acceptors (Lipinski definition) is 4. The molecule has 94 valence electrons. The summed E-state index contributed by atoms with van der Waals surface area (Å²) in [6.07, 6.45) is 4.61. The van der Waals surface area contributed by atoms with Crippen molar-refractivity contribution in [2.75, 3.05) is 6.26 Å². The number of benzene rings is 1. The number of rotatable bonds is 4. The predicted molar refractivity (Wildman–Crippen MR) is 79.0 cm³/mol. The van der Waals surface area contributed by atoms with Crippen LogP contribution in [0.3, 0.4) is 0 Å². The van der Waals surface area contributed by atoms with Gasteiger partial charge in [-0.3, -0.25) is 0 Å². The van der Waals surface area contributed by atoms with E-state index in [9.17, 15) is 0 Å². The first-order valence-corrected chi connectivity index (χ1v) is 8.24.